The van der Waals surface area contributed by atoms with Crippen molar-refractivity contribution in [2.24, 2.45) is 0 Å². The lowest BCUT2D eigenvalue weighted by Gasteiger charge is -2.21. The Morgan fingerprint density at radius 3 is 1.74 bits per heavy atom. The van der Waals surface area contributed by atoms with E-state index in [0.717, 1.165) is 83.4 Å². The van der Waals surface area contributed by atoms with Crippen molar-refractivity contribution in [2.75, 3.05) is 0 Å². The van der Waals surface area contributed by atoms with Crippen molar-refractivity contribution >= 4 is 21.9 Å². The molecule has 0 bridgehead atoms. The third-order valence-corrected chi connectivity index (χ3v) is 11.9. The summed E-state index contributed by atoms with van der Waals surface area (Å²) in [4.78, 5) is 10.9. The number of hydrogen-bond acceptors (Lipinski definition) is 3. The summed E-state index contributed by atoms with van der Waals surface area (Å²) >= 11 is 0. The quantitative estimate of drug-likeness (QED) is 0.170. The van der Waals surface area contributed by atoms with Gasteiger partial charge in [0, 0.05) is 32.9 Å². The number of nitrogens with zero attached hydrogens (tertiary/aromatic N) is 2. The Labute approximate surface area is 338 Å². The van der Waals surface area contributed by atoms with Gasteiger partial charge in [-0.05, 0) is 104 Å². The molecule has 3 nitrogen and oxygen atoms in total. The van der Waals surface area contributed by atoms with Gasteiger partial charge in [0.15, 0.2) is 5.82 Å². The number of aromatic nitrogens is 2. The van der Waals surface area contributed by atoms with E-state index in [1.807, 2.05) is 12.1 Å². The van der Waals surface area contributed by atoms with Crippen molar-refractivity contribution in [3.63, 3.8) is 0 Å². The van der Waals surface area contributed by atoms with Crippen LogP contribution in [0.4, 0.5) is 0 Å². The Balaban J connectivity index is 1.15. The van der Waals surface area contributed by atoms with Crippen LogP contribution < -0.4 is 0 Å². The molecule has 11 rings (SSSR count). The van der Waals surface area contributed by atoms with Gasteiger partial charge in [0.05, 0.1) is 11.4 Å². The summed E-state index contributed by atoms with van der Waals surface area (Å²) in [5.41, 5.74) is 18.4. The van der Waals surface area contributed by atoms with Crippen LogP contribution in [-0.2, 0) is 5.41 Å². The van der Waals surface area contributed by atoms with Crippen LogP contribution in [0.15, 0.2) is 199 Å². The number of furan rings is 1. The van der Waals surface area contributed by atoms with Crippen molar-refractivity contribution < 1.29 is 4.42 Å². The molecule has 2 aromatic heterocycles. The summed E-state index contributed by atoms with van der Waals surface area (Å²) in [6, 6.07) is 69.0. The van der Waals surface area contributed by atoms with Crippen molar-refractivity contribution in [3.8, 4) is 78.4 Å². The fourth-order valence-corrected chi connectivity index (χ4v) is 8.94. The molecule has 58 heavy (non-hydrogen) atoms. The molecule has 0 fully saturated rings. The molecule has 0 radical (unpaired) electrons. The van der Waals surface area contributed by atoms with Gasteiger partial charge in [-0.2, -0.15) is 0 Å². The molecule has 0 unspecified atom stereocenters. The van der Waals surface area contributed by atoms with E-state index in [2.05, 4.69) is 196 Å². The van der Waals surface area contributed by atoms with Gasteiger partial charge in [-0.1, -0.05) is 159 Å². The number of rotatable bonds is 6. The molecule has 2 heterocycles. The topological polar surface area (TPSA) is 38.9 Å². The molecule has 0 saturated heterocycles. The largest absolute Gasteiger partial charge is 0.456 e. The first-order valence-corrected chi connectivity index (χ1v) is 19.9. The zero-order valence-electron chi connectivity index (χ0n) is 32.3. The third kappa shape index (κ3) is 5.66. The Hall–Kier alpha value is -7.36. The lowest BCUT2D eigenvalue weighted by atomic mass is 9.82. The average molecular weight is 743 g/mol. The van der Waals surface area contributed by atoms with Crippen molar-refractivity contribution in [1.29, 1.82) is 0 Å². The van der Waals surface area contributed by atoms with E-state index < -0.39 is 0 Å². The first-order chi connectivity index (χ1) is 28.5. The second kappa shape index (κ2) is 13.4. The van der Waals surface area contributed by atoms with Gasteiger partial charge in [-0.25, -0.2) is 9.97 Å². The molecular weight excluding hydrogens is 705 g/mol. The molecule has 3 heteroatoms. The molecule has 0 N–H and O–H groups in total. The minimum Gasteiger partial charge on any atom is -0.456 e. The Bertz CT molecular complexity index is 3190. The number of para-hydroxylation sites is 1. The van der Waals surface area contributed by atoms with Crippen LogP contribution >= 0.6 is 0 Å². The maximum absolute atomic E-state index is 6.23. The summed E-state index contributed by atoms with van der Waals surface area (Å²) in [7, 11) is 0. The minimum absolute atomic E-state index is 0.134. The first-order valence-electron chi connectivity index (χ1n) is 19.9. The monoisotopic (exact) mass is 742 g/mol. The highest BCUT2D eigenvalue weighted by Crippen LogP contribution is 2.52. The van der Waals surface area contributed by atoms with Crippen LogP contribution in [0, 0.1) is 0 Å². The zero-order valence-corrected chi connectivity index (χ0v) is 32.3. The molecule has 8 aromatic carbocycles. The molecule has 10 aromatic rings. The van der Waals surface area contributed by atoms with Gasteiger partial charge in [0.25, 0.3) is 0 Å². The Kier molecular flexibility index (Phi) is 7.84. The molecule has 1 aliphatic carbocycles. The van der Waals surface area contributed by atoms with E-state index >= 15 is 0 Å². The Morgan fingerprint density at radius 1 is 0.362 bits per heavy atom. The normalized spacial score (nSPS) is 12.8. The van der Waals surface area contributed by atoms with E-state index in [4.69, 9.17) is 14.4 Å². The number of benzene rings is 8. The van der Waals surface area contributed by atoms with Crippen molar-refractivity contribution in [3.05, 3.63) is 205 Å². The van der Waals surface area contributed by atoms with Crippen LogP contribution in [-0.4, -0.2) is 9.97 Å². The summed E-state index contributed by atoms with van der Waals surface area (Å²) in [6.45, 7) is 4.65. The van der Waals surface area contributed by atoms with Gasteiger partial charge in [0.2, 0.25) is 0 Å². The predicted octanol–water partition coefficient (Wildman–Crippen LogP) is 14.7. The van der Waals surface area contributed by atoms with Crippen LogP contribution in [0.1, 0.15) is 25.0 Å². The van der Waals surface area contributed by atoms with Gasteiger partial charge in [-0.3, -0.25) is 0 Å². The zero-order chi connectivity index (χ0) is 38.8. The van der Waals surface area contributed by atoms with Gasteiger partial charge in [-0.15, -0.1) is 0 Å². The smallest absolute Gasteiger partial charge is 0.160 e. The summed E-state index contributed by atoms with van der Waals surface area (Å²) in [6.07, 6.45) is 0. The molecular formula is C55H38N2O. The third-order valence-electron chi connectivity index (χ3n) is 11.9. The van der Waals surface area contributed by atoms with E-state index in [1.54, 1.807) is 0 Å². The molecule has 0 amide bonds. The number of hydrogen-bond donors (Lipinski definition) is 0. The highest BCUT2D eigenvalue weighted by Gasteiger charge is 2.36. The second-order valence-corrected chi connectivity index (χ2v) is 15.8. The fourth-order valence-electron chi connectivity index (χ4n) is 8.94. The molecule has 274 valence electrons. The standard InChI is InChI=1S/C55H38N2O/c1-55(2)47-24-11-9-22-44(47)53-45(23-14-25-48(53)55)50-34-49(56-54(57-50)39-20-13-19-37(29-39)35-15-5-3-6-16-35)42-31-40(36-17-7-4-8-18-36)30-41(32-42)38-27-28-52-46(33-38)43-21-10-12-26-51(43)58-52/h3-34H,1-2H3. The lowest BCUT2D eigenvalue weighted by Crippen LogP contribution is -2.14. The van der Waals surface area contributed by atoms with Gasteiger partial charge < -0.3 is 4.42 Å². The molecule has 0 saturated carbocycles. The van der Waals surface area contributed by atoms with E-state index in [-0.39, 0.29) is 5.41 Å². The van der Waals surface area contributed by atoms with Crippen molar-refractivity contribution in [2.45, 2.75) is 19.3 Å². The Morgan fingerprint density at radius 2 is 0.914 bits per heavy atom. The predicted molar refractivity (Wildman–Crippen MR) is 239 cm³/mol. The van der Waals surface area contributed by atoms with E-state index in [0.29, 0.717) is 5.82 Å². The van der Waals surface area contributed by atoms with Crippen molar-refractivity contribution in [1.82, 2.24) is 9.97 Å². The molecule has 0 atom stereocenters. The fraction of sp³-hybridized carbons (Fsp3) is 0.0545. The summed E-state index contributed by atoms with van der Waals surface area (Å²) < 4.78 is 6.23. The van der Waals surface area contributed by atoms with Crippen LogP contribution in [0.3, 0.4) is 0 Å². The van der Waals surface area contributed by atoms with E-state index in [1.165, 1.54) is 22.3 Å². The van der Waals surface area contributed by atoms with Gasteiger partial charge in [0.1, 0.15) is 11.2 Å². The second-order valence-electron chi connectivity index (χ2n) is 15.8. The highest BCUT2D eigenvalue weighted by molar-refractivity contribution is 6.06. The van der Waals surface area contributed by atoms with Crippen LogP contribution in [0.2, 0.25) is 0 Å². The average Bonchev–Trinajstić information content (AvgIpc) is 3.78. The number of fused-ring (bicyclic) bond motifs is 6. The maximum atomic E-state index is 6.23. The highest BCUT2D eigenvalue weighted by atomic mass is 16.3. The SMILES string of the molecule is CC1(C)c2ccccc2-c2c(-c3cc(-c4cc(-c5ccccc5)cc(-c5ccc6oc7ccccc7c6c5)c4)nc(-c4cccc(-c5ccccc5)c4)n3)cccc21. The minimum atomic E-state index is -0.134. The van der Waals surface area contributed by atoms with Gasteiger partial charge >= 0.3 is 0 Å². The molecule has 1 aliphatic rings. The first kappa shape index (κ1) is 33.9. The summed E-state index contributed by atoms with van der Waals surface area (Å²) in [5.74, 6) is 0.686. The molecule has 0 spiro atoms. The van der Waals surface area contributed by atoms with E-state index in [9.17, 15) is 0 Å². The summed E-state index contributed by atoms with van der Waals surface area (Å²) in [5, 5.41) is 2.22. The van der Waals surface area contributed by atoms with Crippen LogP contribution in [0.25, 0.3) is 100 Å². The van der Waals surface area contributed by atoms with Crippen LogP contribution in [0.5, 0.6) is 0 Å². The lowest BCUT2D eigenvalue weighted by molar-refractivity contribution is 0.660. The molecule has 0 aliphatic heterocycles. The maximum Gasteiger partial charge on any atom is 0.160 e.